The van der Waals surface area contributed by atoms with Crippen molar-refractivity contribution in [2.45, 2.75) is 6.04 Å². The number of methoxy groups -OCH3 is 1. The Hall–Kier alpha value is -2.62. The summed E-state index contributed by atoms with van der Waals surface area (Å²) in [6.45, 7) is -0.404. The molecule has 0 aliphatic heterocycles. The number of carboxylic acids is 1. The zero-order chi connectivity index (χ0) is 16.2. The summed E-state index contributed by atoms with van der Waals surface area (Å²) in [5.74, 6) is -5.64. The van der Waals surface area contributed by atoms with Gasteiger partial charge in [0, 0.05) is 7.11 Å². The average molecular weight is 304 g/mol. The summed E-state index contributed by atoms with van der Waals surface area (Å²) in [6.07, 6.45) is 0. The summed E-state index contributed by atoms with van der Waals surface area (Å²) in [5, 5.41) is 21.5. The average Bonchev–Trinajstić information content (AvgIpc) is 2.40. The standard InChI is InChI=1S/C11H10F2N2O6/c1-21-4-8(11(17)18)14-10(16)5-2-6(12)7(13)3-9(5)15(19)20/h2-3,8H,4H2,1H3,(H,14,16)(H,17,18). The fourth-order valence-corrected chi connectivity index (χ4v) is 1.45. The van der Waals surface area contributed by atoms with Gasteiger partial charge in [0.05, 0.1) is 17.6 Å². The first-order chi connectivity index (χ1) is 9.77. The maximum atomic E-state index is 13.1. The number of nitro benzene ring substituents is 1. The molecule has 0 aliphatic carbocycles. The zero-order valence-corrected chi connectivity index (χ0v) is 10.6. The van der Waals surface area contributed by atoms with Crippen LogP contribution in [0.15, 0.2) is 12.1 Å². The molecule has 0 saturated heterocycles. The second-order valence-corrected chi connectivity index (χ2v) is 3.86. The van der Waals surface area contributed by atoms with E-state index >= 15 is 0 Å². The quantitative estimate of drug-likeness (QED) is 0.590. The van der Waals surface area contributed by atoms with Crippen molar-refractivity contribution in [2.24, 2.45) is 0 Å². The number of amides is 1. The van der Waals surface area contributed by atoms with Gasteiger partial charge in [-0.1, -0.05) is 0 Å². The van der Waals surface area contributed by atoms with Crippen LogP contribution in [-0.2, 0) is 9.53 Å². The number of ether oxygens (including phenoxy) is 1. The van der Waals surface area contributed by atoms with Crippen molar-refractivity contribution in [3.63, 3.8) is 0 Å². The van der Waals surface area contributed by atoms with Crippen molar-refractivity contribution < 1.29 is 33.1 Å². The number of carbonyl (C=O) groups excluding carboxylic acids is 1. The van der Waals surface area contributed by atoms with Crippen LogP contribution in [0.1, 0.15) is 10.4 Å². The number of hydrogen-bond acceptors (Lipinski definition) is 5. The third-order valence-corrected chi connectivity index (χ3v) is 2.42. The van der Waals surface area contributed by atoms with Gasteiger partial charge in [-0.15, -0.1) is 0 Å². The Kier molecular flexibility index (Phi) is 5.24. The second kappa shape index (κ2) is 6.70. The maximum absolute atomic E-state index is 13.1. The molecule has 1 unspecified atom stereocenters. The number of benzene rings is 1. The topological polar surface area (TPSA) is 119 Å². The zero-order valence-electron chi connectivity index (χ0n) is 10.6. The van der Waals surface area contributed by atoms with Crippen LogP contribution in [0.4, 0.5) is 14.5 Å². The number of aliphatic carboxylic acids is 1. The molecule has 21 heavy (non-hydrogen) atoms. The lowest BCUT2D eigenvalue weighted by atomic mass is 10.1. The van der Waals surface area contributed by atoms with Gasteiger partial charge in [-0.2, -0.15) is 0 Å². The molecule has 1 atom stereocenters. The van der Waals surface area contributed by atoms with E-state index in [0.29, 0.717) is 6.07 Å². The lowest BCUT2D eigenvalue weighted by Gasteiger charge is -2.13. The highest BCUT2D eigenvalue weighted by Gasteiger charge is 2.27. The Morgan fingerprint density at radius 2 is 2.00 bits per heavy atom. The van der Waals surface area contributed by atoms with Crippen molar-refractivity contribution in [1.29, 1.82) is 0 Å². The number of carbonyl (C=O) groups is 2. The molecule has 2 N–H and O–H groups in total. The summed E-state index contributed by atoms with van der Waals surface area (Å²) < 4.78 is 30.6. The van der Waals surface area contributed by atoms with E-state index in [2.05, 4.69) is 4.74 Å². The summed E-state index contributed by atoms with van der Waals surface area (Å²) in [7, 11) is 1.18. The molecule has 0 spiro atoms. The molecule has 8 nitrogen and oxygen atoms in total. The Bertz CT molecular complexity index is 592. The first-order valence-corrected chi connectivity index (χ1v) is 5.44. The van der Waals surface area contributed by atoms with Crippen LogP contribution in [0, 0.1) is 21.7 Å². The largest absolute Gasteiger partial charge is 0.480 e. The first-order valence-electron chi connectivity index (χ1n) is 5.44. The Morgan fingerprint density at radius 1 is 1.43 bits per heavy atom. The highest BCUT2D eigenvalue weighted by molar-refractivity contribution is 6.00. The van der Waals surface area contributed by atoms with E-state index in [1.165, 1.54) is 7.11 Å². The lowest BCUT2D eigenvalue weighted by molar-refractivity contribution is -0.385. The van der Waals surface area contributed by atoms with E-state index in [9.17, 15) is 28.5 Å². The van der Waals surface area contributed by atoms with E-state index < -0.39 is 52.3 Å². The molecular weight excluding hydrogens is 294 g/mol. The van der Waals surface area contributed by atoms with Gasteiger partial charge in [0.2, 0.25) is 0 Å². The van der Waals surface area contributed by atoms with Gasteiger partial charge in [-0.3, -0.25) is 14.9 Å². The van der Waals surface area contributed by atoms with E-state index in [4.69, 9.17) is 5.11 Å². The van der Waals surface area contributed by atoms with Gasteiger partial charge in [0.15, 0.2) is 17.7 Å². The van der Waals surface area contributed by atoms with Gasteiger partial charge in [-0.05, 0) is 6.07 Å². The molecule has 1 amide bonds. The molecule has 0 saturated carbocycles. The minimum atomic E-state index is -1.50. The van der Waals surface area contributed by atoms with Gasteiger partial charge in [0.25, 0.3) is 11.6 Å². The van der Waals surface area contributed by atoms with E-state index in [0.717, 1.165) is 0 Å². The highest BCUT2D eigenvalue weighted by Crippen LogP contribution is 2.22. The van der Waals surface area contributed by atoms with Crippen molar-refractivity contribution in [3.05, 3.63) is 39.4 Å². The van der Waals surface area contributed by atoms with E-state index in [-0.39, 0.29) is 6.07 Å². The van der Waals surface area contributed by atoms with Crippen LogP contribution < -0.4 is 5.32 Å². The Balaban J connectivity index is 3.14. The monoisotopic (exact) mass is 304 g/mol. The molecule has 0 fully saturated rings. The molecule has 1 aromatic rings. The van der Waals surface area contributed by atoms with Gasteiger partial charge >= 0.3 is 5.97 Å². The molecule has 1 aromatic carbocycles. The van der Waals surface area contributed by atoms with Gasteiger partial charge in [0.1, 0.15) is 5.56 Å². The van der Waals surface area contributed by atoms with Crippen LogP contribution in [0.5, 0.6) is 0 Å². The number of nitro groups is 1. The maximum Gasteiger partial charge on any atom is 0.328 e. The smallest absolute Gasteiger partial charge is 0.328 e. The third-order valence-electron chi connectivity index (χ3n) is 2.42. The third kappa shape index (κ3) is 3.92. The lowest BCUT2D eigenvalue weighted by Crippen LogP contribution is -2.44. The highest BCUT2D eigenvalue weighted by atomic mass is 19.2. The molecule has 0 aromatic heterocycles. The number of nitrogens with one attached hydrogen (secondary N) is 1. The molecule has 114 valence electrons. The minimum absolute atomic E-state index is 0.246. The van der Waals surface area contributed by atoms with Crippen LogP contribution in [-0.4, -0.2) is 41.7 Å². The second-order valence-electron chi connectivity index (χ2n) is 3.86. The molecule has 0 bridgehead atoms. The van der Waals surface area contributed by atoms with Crippen LogP contribution >= 0.6 is 0 Å². The fraction of sp³-hybridized carbons (Fsp3) is 0.273. The molecule has 0 aliphatic rings. The SMILES string of the molecule is COCC(NC(=O)c1cc(F)c(F)cc1[N+](=O)[O-])C(=O)O. The molecule has 10 heteroatoms. The molecular formula is C11H10F2N2O6. The summed E-state index contributed by atoms with van der Waals surface area (Å²) >= 11 is 0. The van der Waals surface area contributed by atoms with Crippen LogP contribution in [0.25, 0.3) is 0 Å². The van der Waals surface area contributed by atoms with Gasteiger partial charge in [-0.25, -0.2) is 13.6 Å². The number of rotatable bonds is 6. The summed E-state index contributed by atoms with van der Waals surface area (Å²) in [4.78, 5) is 32.3. The van der Waals surface area contributed by atoms with E-state index in [1.807, 2.05) is 5.32 Å². The fourth-order valence-electron chi connectivity index (χ4n) is 1.45. The first kappa shape index (κ1) is 16.4. The number of nitrogens with zero attached hydrogens (tertiary/aromatic N) is 1. The molecule has 0 radical (unpaired) electrons. The van der Waals surface area contributed by atoms with Crippen LogP contribution in [0.2, 0.25) is 0 Å². The van der Waals surface area contributed by atoms with Gasteiger partial charge < -0.3 is 15.2 Å². The van der Waals surface area contributed by atoms with Crippen molar-refractivity contribution in [1.82, 2.24) is 5.32 Å². The Labute approximate surface area is 116 Å². The van der Waals surface area contributed by atoms with Crippen molar-refractivity contribution >= 4 is 17.6 Å². The minimum Gasteiger partial charge on any atom is -0.480 e. The molecule has 0 heterocycles. The predicted octanol–water partition coefficient (Wildman–Crippen LogP) is 0.702. The normalized spacial score (nSPS) is 11.8. The van der Waals surface area contributed by atoms with Crippen LogP contribution in [0.3, 0.4) is 0 Å². The Morgan fingerprint density at radius 3 is 2.48 bits per heavy atom. The summed E-state index contributed by atoms with van der Waals surface area (Å²) in [5.41, 5.74) is -1.77. The number of hydrogen-bond donors (Lipinski definition) is 2. The predicted molar refractivity (Wildman–Crippen MR) is 63.8 cm³/mol. The van der Waals surface area contributed by atoms with E-state index in [1.54, 1.807) is 0 Å². The summed E-state index contributed by atoms with van der Waals surface area (Å²) in [6, 6.07) is -0.916. The van der Waals surface area contributed by atoms with Crippen molar-refractivity contribution in [3.8, 4) is 0 Å². The number of halogens is 2. The number of carboxylic acid groups (broad SMARTS) is 1. The molecule has 1 rings (SSSR count). The van der Waals surface area contributed by atoms with Crippen molar-refractivity contribution in [2.75, 3.05) is 13.7 Å².